The molecule has 0 radical (unpaired) electrons. The summed E-state index contributed by atoms with van der Waals surface area (Å²) in [5.74, 6) is -1.87. The molecule has 94 valence electrons. The molecule has 0 aliphatic carbocycles. The number of hydrogen-bond acceptors (Lipinski definition) is 3. The highest BCUT2D eigenvalue weighted by atomic mass is 19.4. The van der Waals surface area contributed by atoms with Crippen LogP contribution in [0.1, 0.15) is 12.5 Å². The van der Waals surface area contributed by atoms with Gasteiger partial charge in [-0.15, -0.1) is 0 Å². The van der Waals surface area contributed by atoms with Crippen LogP contribution in [-0.4, -0.2) is 23.8 Å². The van der Waals surface area contributed by atoms with Gasteiger partial charge in [0.25, 0.3) is 0 Å². The van der Waals surface area contributed by atoms with E-state index in [1.807, 2.05) is 0 Å². The normalized spacial score (nSPS) is 11.5. The fourth-order valence-corrected chi connectivity index (χ4v) is 1.27. The lowest BCUT2D eigenvalue weighted by molar-refractivity contribution is -0.137. The molecule has 0 bridgehead atoms. The van der Waals surface area contributed by atoms with E-state index < -0.39 is 35.9 Å². The monoisotopic (exact) mass is 252 g/mol. The topological polar surface area (TPSA) is 49.7 Å². The molecule has 2 N–H and O–H groups in total. The number of halogens is 4. The van der Waals surface area contributed by atoms with Crippen molar-refractivity contribution in [3.05, 3.63) is 23.5 Å². The Morgan fingerprint density at radius 3 is 2.29 bits per heavy atom. The average Bonchev–Trinajstić information content (AvgIpc) is 2.18. The second kappa shape index (κ2) is 4.93. The third-order valence-corrected chi connectivity index (χ3v) is 1.97. The van der Waals surface area contributed by atoms with Crippen molar-refractivity contribution in [3.63, 3.8) is 0 Å². The van der Waals surface area contributed by atoms with E-state index in [9.17, 15) is 17.6 Å². The molecule has 0 atom stereocenters. The summed E-state index contributed by atoms with van der Waals surface area (Å²) in [6, 6.07) is 0.690. The summed E-state index contributed by atoms with van der Waals surface area (Å²) in [7, 11) is -2.24. The molecule has 0 aliphatic rings. The molecule has 17 heavy (non-hydrogen) atoms. The zero-order valence-corrected chi connectivity index (χ0v) is 8.75. The first-order valence-corrected chi connectivity index (χ1v) is 4.67. The maximum atomic E-state index is 13.3. The number of alkyl halides is 3. The van der Waals surface area contributed by atoms with E-state index in [1.165, 1.54) is 6.92 Å². The van der Waals surface area contributed by atoms with Crippen molar-refractivity contribution in [2.45, 2.75) is 13.1 Å². The minimum absolute atomic E-state index is 0.0119. The van der Waals surface area contributed by atoms with Crippen molar-refractivity contribution in [2.24, 2.45) is 0 Å². The van der Waals surface area contributed by atoms with Gasteiger partial charge < -0.3 is 14.8 Å². The zero-order chi connectivity index (χ0) is 13.2. The van der Waals surface area contributed by atoms with Crippen LogP contribution in [-0.2, 0) is 6.18 Å². The van der Waals surface area contributed by atoms with Crippen LogP contribution in [0.3, 0.4) is 0 Å². The third-order valence-electron chi connectivity index (χ3n) is 1.97. The smallest absolute Gasteiger partial charge is 0.491 e. The molecule has 0 spiro atoms. The molecule has 0 saturated carbocycles. The molecular weight excluding hydrogens is 243 g/mol. The molecule has 0 saturated heterocycles. The maximum absolute atomic E-state index is 13.3. The first kappa shape index (κ1) is 13.8. The summed E-state index contributed by atoms with van der Waals surface area (Å²) in [5, 5.41) is 17.8. The van der Waals surface area contributed by atoms with E-state index in [0.29, 0.717) is 6.07 Å². The zero-order valence-electron chi connectivity index (χ0n) is 8.75. The summed E-state index contributed by atoms with van der Waals surface area (Å²) < 4.78 is 55.1. The summed E-state index contributed by atoms with van der Waals surface area (Å²) in [6.07, 6.45) is -4.77. The van der Waals surface area contributed by atoms with Gasteiger partial charge in [-0.05, 0) is 19.1 Å². The van der Waals surface area contributed by atoms with Crippen molar-refractivity contribution >= 4 is 12.6 Å². The van der Waals surface area contributed by atoms with Crippen LogP contribution in [0.25, 0.3) is 0 Å². The fraction of sp³-hybridized carbons (Fsp3) is 0.333. The van der Waals surface area contributed by atoms with Crippen molar-refractivity contribution in [2.75, 3.05) is 6.61 Å². The number of benzene rings is 1. The van der Waals surface area contributed by atoms with Crippen LogP contribution in [0.4, 0.5) is 17.6 Å². The molecule has 8 heteroatoms. The Morgan fingerprint density at radius 2 is 1.88 bits per heavy atom. The van der Waals surface area contributed by atoms with Crippen LogP contribution < -0.4 is 10.2 Å². The van der Waals surface area contributed by atoms with Gasteiger partial charge in [0.15, 0.2) is 11.6 Å². The first-order chi connectivity index (χ1) is 7.77. The van der Waals surface area contributed by atoms with Gasteiger partial charge in [0.1, 0.15) is 0 Å². The third kappa shape index (κ3) is 3.10. The minimum Gasteiger partial charge on any atom is -0.491 e. The van der Waals surface area contributed by atoms with Crippen LogP contribution in [0.15, 0.2) is 12.1 Å². The van der Waals surface area contributed by atoms with E-state index in [1.54, 1.807) is 0 Å². The van der Waals surface area contributed by atoms with Gasteiger partial charge in [-0.1, -0.05) is 0 Å². The van der Waals surface area contributed by atoms with Gasteiger partial charge in [0.05, 0.1) is 12.2 Å². The summed E-state index contributed by atoms with van der Waals surface area (Å²) >= 11 is 0. The lowest BCUT2D eigenvalue weighted by Crippen LogP contribution is -2.33. The lowest BCUT2D eigenvalue weighted by Gasteiger charge is -2.14. The molecular formula is C9H9BF4O3. The van der Waals surface area contributed by atoms with Crippen molar-refractivity contribution in [1.29, 1.82) is 0 Å². The predicted molar refractivity (Wildman–Crippen MR) is 52.4 cm³/mol. The second-order valence-electron chi connectivity index (χ2n) is 3.18. The number of ether oxygens (including phenoxy) is 1. The number of hydrogen-bond donors (Lipinski definition) is 2. The Bertz CT molecular complexity index is 406. The van der Waals surface area contributed by atoms with Crippen molar-refractivity contribution in [3.8, 4) is 5.75 Å². The van der Waals surface area contributed by atoms with E-state index in [4.69, 9.17) is 14.8 Å². The summed E-state index contributed by atoms with van der Waals surface area (Å²) in [6.45, 7) is 1.48. The van der Waals surface area contributed by atoms with Crippen LogP contribution in [0, 0.1) is 5.82 Å². The standard InChI is InChI=1S/C9H9BF4O3/c1-2-17-8-6(10(15)16)3-5(4-7(8)11)9(12,13)14/h3-4,15-16H,2H2,1H3. The molecule has 1 aromatic carbocycles. The highest BCUT2D eigenvalue weighted by Gasteiger charge is 2.34. The Morgan fingerprint density at radius 1 is 1.29 bits per heavy atom. The largest absolute Gasteiger partial charge is 0.492 e. The van der Waals surface area contributed by atoms with Gasteiger partial charge >= 0.3 is 13.3 Å². The molecule has 3 nitrogen and oxygen atoms in total. The van der Waals surface area contributed by atoms with Gasteiger partial charge in [-0.3, -0.25) is 0 Å². The molecule has 0 aromatic heterocycles. The number of rotatable bonds is 3. The van der Waals surface area contributed by atoms with Crippen molar-refractivity contribution < 1.29 is 32.3 Å². The van der Waals surface area contributed by atoms with Crippen molar-refractivity contribution in [1.82, 2.24) is 0 Å². The highest BCUT2D eigenvalue weighted by molar-refractivity contribution is 6.59. The molecule has 0 fully saturated rings. The van der Waals surface area contributed by atoms with Gasteiger partial charge in [0.2, 0.25) is 0 Å². The summed E-state index contributed by atoms with van der Waals surface area (Å²) in [5.41, 5.74) is -1.96. The highest BCUT2D eigenvalue weighted by Crippen LogP contribution is 2.31. The van der Waals surface area contributed by atoms with Crippen LogP contribution in [0.5, 0.6) is 5.75 Å². The Labute approximate surface area is 94.8 Å². The fourth-order valence-electron chi connectivity index (χ4n) is 1.27. The maximum Gasteiger partial charge on any atom is 0.492 e. The van der Waals surface area contributed by atoms with E-state index >= 15 is 0 Å². The average molecular weight is 252 g/mol. The Balaban J connectivity index is 3.36. The molecule has 0 unspecified atom stereocenters. The van der Waals surface area contributed by atoms with Crippen LogP contribution in [0.2, 0.25) is 0 Å². The SMILES string of the molecule is CCOc1c(F)cc(C(F)(F)F)cc1B(O)O. The molecule has 1 rings (SSSR count). The lowest BCUT2D eigenvalue weighted by atomic mass is 9.78. The van der Waals surface area contributed by atoms with E-state index in [-0.39, 0.29) is 12.7 Å². The predicted octanol–water partition coefficient (Wildman–Crippen LogP) is 0.923. The molecule has 1 aromatic rings. The molecule has 0 aliphatic heterocycles. The Kier molecular flexibility index (Phi) is 4.00. The van der Waals surface area contributed by atoms with E-state index in [0.717, 1.165) is 0 Å². The molecule has 0 heterocycles. The first-order valence-electron chi connectivity index (χ1n) is 4.67. The van der Waals surface area contributed by atoms with E-state index in [2.05, 4.69) is 0 Å². The van der Waals surface area contributed by atoms with Gasteiger partial charge in [0, 0.05) is 5.46 Å². The van der Waals surface area contributed by atoms with Crippen LogP contribution >= 0.6 is 0 Å². The summed E-state index contributed by atoms with van der Waals surface area (Å²) in [4.78, 5) is 0. The molecule has 0 amide bonds. The quantitative estimate of drug-likeness (QED) is 0.621. The second-order valence-corrected chi connectivity index (χ2v) is 3.18. The Hall–Kier alpha value is -1.28. The van der Waals surface area contributed by atoms with Gasteiger partial charge in [-0.2, -0.15) is 13.2 Å². The van der Waals surface area contributed by atoms with Gasteiger partial charge in [-0.25, -0.2) is 4.39 Å². The minimum atomic E-state index is -4.77.